The zero-order valence-electron chi connectivity index (χ0n) is 11.1. The lowest BCUT2D eigenvalue weighted by atomic mass is 10.1. The summed E-state index contributed by atoms with van der Waals surface area (Å²) in [4.78, 5) is 4.08. The van der Waals surface area contributed by atoms with Crippen LogP contribution in [0.4, 0.5) is 4.39 Å². The first-order valence-electron chi connectivity index (χ1n) is 5.75. The molecule has 0 unspecified atom stereocenters. The summed E-state index contributed by atoms with van der Waals surface area (Å²) in [5.41, 5.74) is 11.0. The van der Waals surface area contributed by atoms with Crippen LogP contribution >= 0.6 is 24.0 Å². The predicted molar refractivity (Wildman–Crippen MR) is 86.0 cm³/mol. The zero-order valence-corrected chi connectivity index (χ0v) is 12.6. The molecule has 0 spiro atoms. The van der Waals surface area contributed by atoms with Crippen LogP contribution in [0.3, 0.4) is 0 Å². The molecule has 0 aliphatic carbocycles. The minimum Gasteiger partial charge on any atom is -0.507 e. The number of aromatic nitrogens is 1. The quantitative estimate of drug-likeness (QED) is 0.449. The molecule has 0 saturated heterocycles. The standard InChI is InChI=1S/C13H11ClFN5O.ClH/c14-8-6-11(21)7(5-9(8)15)12(19-20-13(16)17)10-3-1-2-4-18-10;/h1-6,21H,(H4,16,17,20);1H/b19-12-;. The molecule has 0 atom stereocenters. The molecule has 1 aromatic carbocycles. The number of rotatable bonds is 3. The highest BCUT2D eigenvalue weighted by molar-refractivity contribution is 6.31. The molecule has 2 aromatic rings. The van der Waals surface area contributed by atoms with E-state index in [1.54, 1.807) is 18.2 Å². The molecule has 0 amide bonds. The van der Waals surface area contributed by atoms with E-state index in [0.29, 0.717) is 5.69 Å². The summed E-state index contributed by atoms with van der Waals surface area (Å²) in [7, 11) is 0. The van der Waals surface area contributed by atoms with Crippen LogP contribution in [-0.2, 0) is 0 Å². The number of pyridine rings is 1. The van der Waals surface area contributed by atoms with Crippen molar-refractivity contribution < 1.29 is 9.50 Å². The van der Waals surface area contributed by atoms with Crippen molar-refractivity contribution in [3.63, 3.8) is 0 Å². The number of phenolic OH excluding ortho intramolecular Hbond substituents is 1. The molecule has 2 rings (SSSR count). The fourth-order valence-electron chi connectivity index (χ4n) is 1.58. The summed E-state index contributed by atoms with van der Waals surface area (Å²) in [6.07, 6.45) is 1.52. The van der Waals surface area contributed by atoms with Crippen LogP contribution in [0, 0.1) is 5.82 Å². The number of aromatic hydroxyl groups is 1. The van der Waals surface area contributed by atoms with Crippen LogP contribution in [0.1, 0.15) is 11.3 Å². The normalized spacial score (nSPS) is 10.7. The Balaban J connectivity index is 0.00000242. The summed E-state index contributed by atoms with van der Waals surface area (Å²) in [6, 6.07) is 7.13. The van der Waals surface area contributed by atoms with Crippen LogP contribution in [0.25, 0.3) is 0 Å². The molecule has 0 bridgehead atoms. The van der Waals surface area contributed by atoms with Gasteiger partial charge in [0.05, 0.1) is 10.7 Å². The number of benzene rings is 1. The SMILES string of the molecule is Cl.NC(N)=N/N=C(\c1ccccn1)c1cc(F)c(Cl)cc1O. The average molecular weight is 344 g/mol. The van der Waals surface area contributed by atoms with Crippen molar-refractivity contribution in [3.05, 3.63) is 58.6 Å². The third-order valence-corrected chi connectivity index (χ3v) is 2.76. The number of hydrogen-bond acceptors (Lipinski definition) is 4. The van der Waals surface area contributed by atoms with Crippen LogP contribution in [-0.4, -0.2) is 21.8 Å². The number of nitrogens with zero attached hydrogens (tertiary/aromatic N) is 3. The monoisotopic (exact) mass is 343 g/mol. The van der Waals surface area contributed by atoms with E-state index in [1.807, 2.05) is 0 Å². The molecular formula is C13H12Cl2FN5O. The Morgan fingerprint density at radius 3 is 2.55 bits per heavy atom. The summed E-state index contributed by atoms with van der Waals surface area (Å²) < 4.78 is 13.6. The lowest BCUT2D eigenvalue weighted by Crippen LogP contribution is -2.22. The Morgan fingerprint density at radius 1 is 1.23 bits per heavy atom. The Bertz CT molecular complexity index is 718. The topological polar surface area (TPSA) is 110 Å². The van der Waals surface area contributed by atoms with Crippen LogP contribution in [0.5, 0.6) is 5.75 Å². The highest BCUT2D eigenvalue weighted by Crippen LogP contribution is 2.27. The second-order valence-electron chi connectivity index (χ2n) is 3.97. The highest BCUT2D eigenvalue weighted by Gasteiger charge is 2.16. The van der Waals surface area contributed by atoms with Crippen LogP contribution < -0.4 is 11.5 Å². The lowest BCUT2D eigenvalue weighted by molar-refractivity contribution is 0.472. The number of nitrogens with two attached hydrogens (primary N) is 2. The molecule has 22 heavy (non-hydrogen) atoms. The van der Waals surface area contributed by atoms with Gasteiger partial charge in [0.15, 0.2) is 0 Å². The molecule has 0 saturated carbocycles. The molecular weight excluding hydrogens is 332 g/mol. The van der Waals surface area contributed by atoms with Crippen molar-refractivity contribution >= 4 is 35.7 Å². The third kappa shape index (κ3) is 4.06. The fraction of sp³-hybridized carbons (Fsp3) is 0. The van der Waals surface area contributed by atoms with Crippen molar-refractivity contribution in [2.45, 2.75) is 0 Å². The number of phenols is 1. The van der Waals surface area contributed by atoms with Gasteiger partial charge in [-0.25, -0.2) is 4.39 Å². The summed E-state index contributed by atoms with van der Waals surface area (Å²) in [6.45, 7) is 0. The minimum absolute atomic E-state index is 0. The molecule has 6 nitrogen and oxygen atoms in total. The Kier molecular flexibility index (Phi) is 6.09. The van der Waals surface area contributed by atoms with Crippen molar-refractivity contribution in [2.75, 3.05) is 0 Å². The number of hydrogen-bond donors (Lipinski definition) is 3. The van der Waals surface area contributed by atoms with Crippen molar-refractivity contribution in [2.24, 2.45) is 21.7 Å². The van der Waals surface area contributed by atoms with E-state index in [4.69, 9.17) is 23.1 Å². The Labute approximate surface area is 136 Å². The molecule has 116 valence electrons. The molecule has 0 fully saturated rings. The van der Waals surface area contributed by atoms with Gasteiger partial charge in [-0.15, -0.1) is 22.6 Å². The molecule has 9 heteroatoms. The number of guanidine groups is 1. The van der Waals surface area contributed by atoms with Gasteiger partial charge in [-0.2, -0.15) is 0 Å². The van der Waals surface area contributed by atoms with E-state index in [1.165, 1.54) is 6.20 Å². The van der Waals surface area contributed by atoms with Crippen molar-refractivity contribution in [1.82, 2.24) is 4.98 Å². The molecule has 5 N–H and O–H groups in total. The smallest absolute Gasteiger partial charge is 0.211 e. The van der Waals surface area contributed by atoms with Gasteiger partial charge in [0.2, 0.25) is 5.96 Å². The van der Waals surface area contributed by atoms with Gasteiger partial charge in [-0.3, -0.25) is 4.98 Å². The van der Waals surface area contributed by atoms with Gasteiger partial charge >= 0.3 is 0 Å². The summed E-state index contributed by atoms with van der Waals surface area (Å²) in [5, 5.41) is 17.1. The lowest BCUT2D eigenvalue weighted by Gasteiger charge is -2.08. The third-order valence-electron chi connectivity index (χ3n) is 2.47. The first-order valence-corrected chi connectivity index (χ1v) is 6.13. The Hall–Kier alpha value is -2.38. The zero-order chi connectivity index (χ0) is 15.4. The fourth-order valence-corrected chi connectivity index (χ4v) is 1.74. The summed E-state index contributed by atoms with van der Waals surface area (Å²) >= 11 is 5.61. The van der Waals surface area contributed by atoms with Gasteiger partial charge in [-0.1, -0.05) is 17.7 Å². The molecule has 0 aliphatic rings. The largest absolute Gasteiger partial charge is 0.507 e. The highest BCUT2D eigenvalue weighted by atomic mass is 35.5. The van der Waals surface area contributed by atoms with Gasteiger partial charge in [0.25, 0.3) is 0 Å². The first-order chi connectivity index (χ1) is 9.99. The average Bonchev–Trinajstić information content (AvgIpc) is 2.45. The van der Waals surface area contributed by atoms with Crippen molar-refractivity contribution in [1.29, 1.82) is 0 Å². The van der Waals surface area contributed by atoms with E-state index in [2.05, 4.69) is 15.2 Å². The number of halogens is 3. The minimum atomic E-state index is -0.710. The summed E-state index contributed by atoms with van der Waals surface area (Å²) in [5.74, 6) is -1.26. The van der Waals surface area contributed by atoms with E-state index in [0.717, 1.165) is 12.1 Å². The Morgan fingerprint density at radius 2 is 1.95 bits per heavy atom. The van der Waals surface area contributed by atoms with Crippen LogP contribution in [0.15, 0.2) is 46.7 Å². The predicted octanol–water partition coefficient (Wildman–Crippen LogP) is 2.03. The second kappa shape index (κ2) is 7.58. The van der Waals surface area contributed by atoms with Crippen molar-refractivity contribution in [3.8, 4) is 5.75 Å². The molecule has 0 radical (unpaired) electrons. The maximum Gasteiger partial charge on any atom is 0.211 e. The molecule has 1 heterocycles. The van der Waals surface area contributed by atoms with Gasteiger partial charge < -0.3 is 16.6 Å². The van der Waals surface area contributed by atoms with E-state index >= 15 is 0 Å². The van der Waals surface area contributed by atoms with E-state index in [9.17, 15) is 9.50 Å². The first kappa shape index (κ1) is 17.7. The van der Waals surface area contributed by atoms with E-state index in [-0.39, 0.29) is 40.4 Å². The maximum atomic E-state index is 13.6. The second-order valence-corrected chi connectivity index (χ2v) is 4.38. The van der Waals surface area contributed by atoms with Crippen LogP contribution in [0.2, 0.25) is 5.02 Å². The molecule has 0 aliphatic heterocycles. The maximum absolute atomic E-state index is 13.6. The molecule has 1 aromatic heterocycles. The van der Waals surface area contributed by atoms with Gasteiger partial charge in [0.1, 0.15) is 17.3 Å². The van der Waals surface area contributed by atoms with Gasteiger partial charge in [-0.05, 0) is 18.2 Å². The van der Waals surface area contributed by atoms with Gasteiger partial charge in [0, 0.05) is 17.8 Å². The van der Waals surface area contributed by atoms with E-state index < -0.39 is 5.82 Å².